The highest BCUT2D eigenvalue weighted by molar-refractivity contribution is 5.97. The van der Waals surface area contributed by atoms with Gasteiger partial charge < -0.3 is 15.4 Å². The van der Waals surface area contributed by atoms with Gasteiger partial charge in [0.15, 0.2) is 0 Å². The molecule has 1 aliphatic rings. The van der Waals surface area contributed by atoms with Crippen molar-refractivity contribution in [3.63, 3.8) is 0 Å². The molecule has 1 atom stereocenters. The second kappa shape index (κ2) is 9.10. The number of aromatic nitrogens is 2. The molecule has 3 N–H and O–H groups in total. The molecule has 0 radical (unpaired) electrons. The van der Waals surface area contributed by atoms with E-state index in [0.717, 1.165) is 33.5 Å². The van der Waals surface area contributed by atoms with E-state index in [-0.39, 0.29) is 18.3 Å². The monoisotopic (exact) mass is 466 g/mol. The van der Waals surface area contributed by atoms with Gasteiger partial charge in [-0.15, -0.1) is 0 Å². The second-order valence-corrected chi connectivity index (χ2v) is 9.14. The standard InChI is InChI=1S/C28H26N4O3/c1-28(2)23(17-26(33)35-28)27(34)30-20-10-6-9-19(15-20)29-21-12-13-22-24(31-32-25(22)16-21)14-11-18-7-4-3-5-8-18/h3-16,23,29H,17H2,1-2H3,(H,30,34)(H,31,32)/b14-11+. The van der Waals surface area contributed by atoms with Crippen LogP contribution >= 0.6 is 0 Å². The Kier molecular flexibility index (Phi) is 5.82. The number of hydrogen-bond acceptors (Lipinski definition) is 5. The third-order valence-corrected chi connectivity index (χ3v) is 6.15. The fourth-order valence-electron chi connectivity index (χ4n) is 4.28. The van der Waals surface area contributed by atoms with Gasteiger partial charge in [0, 0.05) is 22.4 Å². The number of ether oxygens (including phenoxy) is 1. The molecule has 7 nitrogen and oxygen atoms in total. The molecule has 7 heteroatoms. The maximum Gasteiger partial charge on any atom is 0.307 e. The van der Waals surface area contributed by atoms with E-state index < -0.39 is 11.5 Å². The van der Waals surface area contributed by atoms with Gasteiger partial charge in [-0.1, -0.05) is 42.5 Å². The number of aromatic amines is 1. The highest BCUT2D eigenvalue weighted by atomic mass is 16.6. The molecule has 35 heavy (non-hydrogen) atoms. The maximum atomic E-state index is 12.8. The summed E-state index contributed by atoms with van der Waals surface area (Å²) in [5.74, 6) is -1.11. The molecule has 2 heterocycles. The number of nitrogens with one attached hydrogen (secondary N) is 3. The number of amides is 1. The number of H-pyrrole nitrogens is 1. The third-order valence-electron chi connectivity index (χ3n) is 6.15. The number of fused-ring (bicyclic) bond motifs is 1. The molecule has 1 aromatic heterocycles. The lowest BCUT2D eigenvalue weighted by Crippen LogP contribution is -2.36. The van der Waals surface area contributed by atoms with Gasteiger partial charge in [0.1, 0.15) is 5.60 Å². The molecular formula is C28H26N4O3. The van der Waals surface area contributed by atoms with Crippen LogP contribution in [0.25, 0.3) is 23.1 Å². The summed E-state index contributed by atoms with van der Waals surface area (Å²) in [4.78, 5) is 24.4. The van der Waals surface area contributed by atoms with Crippen LogP contribution in [0.15, 0.2) is 72.8 Å². The van der Waals surface area contributed by atoms with E-state index in [2.05, 4.69) is 20.8 Å². The van der Waals surface area contributed by atoms with E-state index in [1.54, 1.807) is 13.8 Å². The quantitative estimate of drug-likeness (QED) is 0.314. The first kappa shape index (κ1) is 22.4. The predicted octanol–water partition coefficient (Wildman–Crippen LogP) is 5.76. The summed E-state index contributed by atoms with van der Waals surface area (Å²) < 4.78 is 5.27. The molecule has 0 aliphatic carbocycles. The van der Waals surface area contributed by atoms with Crippen LogP contribution in [0.2, 0.25) is 0 Å². The number of carbonyl (C=O) groups excluding carboxylic acids is 2. The van der Waals surface area contributed by atoms with Crippen molar-refractivity contribution in [3.05, 3.63) is 84.1 Å². The normalized spacial score (nSPS) is 17.0. The van der Waals surface area contributed by atoms with E-state index in [4.69, 9.17) is 4.74 Å². The minimum atomic E-state index is -0.814. The molecule has 1 aliphatic heterocycles. The Labute approximate surface area is 203 Å². The van der Waals surface area contributed by atoms with Crippen molar-refractivity contribution in [1.29, 1.82) is 0 Å². The summed E-state index contributed by atoms with van der Waals surface area (Å²) in [5, 5.41) is 14.8. The Morgan fingerprint density at radius 2 is 1.77 bits per heavy atom. The van der Waals surface area contributed by atoms with Gasteiger partial charge in [-0.2, -0.15) is 5.10 Å². The number of benzene rings is 3. The van der Waals surface area contributed by atoms with E-state index in [1.807, 2.05) is 84.9 Å². The number of carbonyl (C=O) groups is 2. The van der Waals surface area contributed by atoms with Gasteiger partial charge in [0.05, 0.1) is 23.5 Å². The fourth-order valence-corrected chi connectivity index (χ4v) is 4.28. The first-order chi connectivity index (χ1) is 16.9. The van der Waals surface area contributed by atoms with E-state index in [0.29, 0.717) is 5.69 Å². The van der Waals surface area contributed by atoms with Gasteiger partial charge in [-0.25, -0.2) is 0 Å². The van der Waals surface area contributed by atoms with Crippen LogP contribution < -0.4 is 10.6 Å². The first-order valence-corrected chi connectivity index (χ1v) is 11.5. The van der Waals surface area contributed by atoms with Gasteiger partial charge in [-0.3, -0.25) is 14.7 Å². The van der Waals surface area contributed by atoms with Crippen LogP contribution in [0, 0.1) is 5.92 Å². The van der Waals surface area contributed by atoms with Crippen molar-refractivity contribution >= 4 is 52.0 Å². The summed E-state index contributed by atoms with van der Waals surface area (Å²) in [5.41, 5.74) is 4.45. The first-order valence-electron chi connectivity index (χ1n) is 11.5. The van der Waals surface area contributed by atoms with Crippen molar-refractivity contribution in [2.75, 3.05) is 10.6 Å². The zero-order chi connectivity index (χ0) is 24.4. The molecule has 4 aromatic rings. The maximum absolute atomic E-state index is 12.8. The van der Waals surface area contributed by atoms with E-state index >= 15 is 0 Å². The topological polar surface area (TPSA) is 96.1 Å². The average Bonchev–Trinajstić information content (AvgIpc) is 3.36. The predicted molar refractivity (Wildman–Crippen MR) is 138 cm³/mol. The van der Waals surface area contributed by atoms with E-state index in [9.17, 15) is 9.59 Å². The number of cyclic esters (lactones) is 1. The van der Waals surface area contributed by atoms with Crippen LogP contribution in [0.4, 0.5) is 17.1 Å². The largest absolute Gasteiger partial charge is 0.459 e. The van der Waals surface area contributed by atoms with Crippen LogP contribution in [0.1, 0.15) is 31.5 Å². The molecule has 1 unspecified atom stereocenters. The summed E-state index contributed by atoms with van der Waals surface area (Å²) in [6.07, 6.45) is 4.12. The Balaban J connectivity index is 1.29. The fraction of sp³-hybridized carbons (Fsp3) is 0.179. The number of rotatable bonds is 6. The molecule has 176 valence electrons. The lowest BCUT2D eigenvalue weighted by Gasteiger charge is -2.23. The molecule has 1 amide bonds. The number of hydrogen-bond donors (Lipinski definition) is 3. The molecule has 5 rings (SSSR count). The van der Waals surface area contributed by atoms with Crippen LogP contribution in [0.5, 0.6) is 0 Å². The zero-order valence-electron chi connectivity index (χ0n) is 19.5. The lowest BCUT2D eigenvalue weighted by atomic mass is 9.90. The summed E-state index contributed by atoms with van der Waals surface area (Å²) in [6, 6.07) is 23.6. The van der Waals surface area contributed by atoms with Crippen molar-refractivity contribution < 1.29 is 14.3 Å². The van der Waals surface area contributed by atoms with Crippen molar-refractivity contribution in [2.24, 2.45) is 5.92 Å². The van der Waals surface area contributed by atoms with Crippen LogP contribution in [-0.4, -0.2) is 27.7 Å². The van der Waals surface area contributed by atoms with Crippen molar-refractivity contribution in [2.45, 2.75) is 25.9 Å². The molecule has 1 saturated heterocycles. The zero-order valence-corrected chi connectivity index (χ0v) is 19.5. The van der Waals surface area contributed by atoms with E-state index in [1.165, 1.54) is 0 Å². The van der Waals surface area contributed by atoms with Gasteiger partial charge in [0.25, 0.3) is 0 Å². The summed E-state index contributed by atoms with van der Waals surface area (Å²) >= 11 is 0. The minimum absolute atomic E-state index is 0.0868. The van der Waals surface area contributed by atoms with Crippen molar-refractivity contribution in [1.82, 2.24) is 10.2 Å². The number of esters is 1. The smallest absolute Gasteiger partial charge is 0.307 e. The molecule has 0 saturated carbocycles. The Bertz CT molecular complexity index is 1420. The second-order valence-electron chi connectivity index (χ2n) is 9.14. The Hall–Kier alpha value is -4.39. The van der Waals surface area contributed by atoms with Crippen LogP contribution in [-0.2, 0) is 14.3 Å². The Morgan fingerprint density at radius 3 is 2.54 bits per heavy atom. The third kappa shape index (κ3) is 4.94. The SMILES string of the molecule is CC1(C)OC(=O)CC1C(=O)Nc1cccc(Nc2ccc3c(/C=C/c4ccccc4)n[nH]c3c2)c1. The highest BCUT2D eigenvalue weighted by Gasteiger charge is 2.46. The van der Waals surface area contributed by atoms with Gasteiger partial charge >= 0.3 is 5.97 Å². The Morgan fingerprint density at radius 1 is 1.00 bits per heavy atom. The molecule has 1 fully saturated rings. The van der Waals surface area contributed by atoms with Crippen LogP contribution in [0.3, 0.4) is 0 Å². The summed E-state index contributed by atoms with van der Waals surface area (Å²) in [7, 11) is 0. The minimum Gasteiger partial charge on any atom is -0.459 e. The number of nitrogens with zero attached hydrogens (tertiary/aromatic N) is 1. The lowest BCUT2D eigenvalue weighted by molar-refractivity contribution is -0.147. The molecule has 0 spiro atoms. The average molecular weight is 467 g/mol. The highest BCUT2D eigenvalue weighted by Crippen LogP contribution is 2.33. The van der Waals surface area contributed by atoms with Crippen molar-refractivity contribution in [3.8, 4) is 0 Å². The molecular weight excluding hydrogens is 440 g/mol. The van der Waals surface area contributed by atoms with Gasteiger partial charge in [-0.05, 0) is 61.9 Å². The number of anilines is 3. The summed E-state index contributed by atoms with van der Waals surface area (Å²) in [6.45, 7) is 3.52. The molecule has 3 aromatic carbocycles. The van der Waals surface area contributed by atoms with Gasteiger partial charge in [0.2, 0.25) is 5.91 Å². The molecule has 0 bridgehead atoms.